The first-order valence-corrected chi connectivity index (χ1v) is 10.5. The molecule has 0 saturated carbocycles. The molecule has 156 valence electrons. The van der Waals surface area contributed by atoms with Gasteiger partial charge in [0.15, 0.2) is 5.13 Å². The van der Waals surface area contributed by atoms with Gasteiger partial charge in [0.25, 0.3) is 0 Å². The van der Waals surface area contributed by atoms with Crippen LogP contribution in [0.4, 0.5) is 9.93 Å². The van der Waals surface area contributed by atoms with Crippen molar-refractivity contribution in [2.24, 2.45) is 0 Å². The number of carbonyl (C=O) groups is 2. The molecule has 1 aliphatic heterocycles. The summed E-state index contributed by atoms with van der Waals surface area (Å²) < 4.78 is 5.17. The molecule has 1 aromatic heterocycles. The zero-order valence-electron chi connectivity index (χ0n) is 17.2. The molecule has 0 spiro atoms. The van der Waals surface area contributed by atoms with Crippen molar-refractivity contribution in [3.05, 3.63) is 46.5 Å². The van der Waals surface area contributed by atoms with Gasteiger partial charge in [0, 0.05) is 24.7 Å². The highest BCUT2D eigenvalue weighted by molar-refractivity contribution is 7.17. The summed E-state index contributed by atoms with van der Waals surface area (Å²) in [6, 6.07) is 7.77. The first-order chi connectivity index (χ1) is 13.7. The van der Waals surface area contributed by atoms with Crippen molar-refractivity contribution < 1.29 is 19.2 Å². The maximum absolute atomic E-state index is 12.7. The number of hydrogen-bond donors (Lipinski definition) is 1. The maximum Gasteiger partial charge on any atom is 0.528 e. The second-order valence-electron chi connectivity index (χ2n) is 8.08. The van der Waals surface area contributed by atoms with Gasteiger partial charge < -0.3 is 14.9 Å². The Hall–Kier alpha value is -2.45. The molecule has 1 aliphatic rings. The minimum absolute atomic E-state index is 0.00534. The average Bonchev–Trinajstić information content (AvgIpc) is 3.10. The predicted molar refractivity (Wildman–Crippen MR) is 112 cm³/mol. The van der Waals surface area contributed by atoms with Gasteiger partial charge in [-0.05, 0) is 46.1 Å². The molecule has 1 saturated heterocycles. The highest BCUT2D eigenvalue weighted by atomic mass is 32.1. The van der Waals surface area contributed by atoms with Crippen LogP contribution in [-0.2, 0) is 9.57 Å². The second-order valence-corrected chi connectivity index (χ2v) is 9.11. The van der Waals surface area contributed by atoms with Gasteiger partial charge >= 0.3 is 6.16 Å². The summed E-state index contributed by atoms with van der Waals surface area (Å²) >= 11 is 1.37. The van der Waals surface area contributed by atoms with E-state index < -0.39 is 11.8 Å². The fourth-order valence-electron chi connectivity index (χ4n) is 3.05. The minimum Gasteiger partial charge on any atom is -0.427 e. The van der Waals surface area contributed by atoms with Crippen molar-refractivity contribution in [1.29, 1.82) is 0 Å². The Morgan fingerprint density at radius 2 is 1.90 bits per heavy atom. The topological polar surface area (TPSA) is 80.8 Å². The van der Waals surface area contributed by atoms with Crippen molar-refractivity contribution in [2.75, 3.05) is 18.4 Å². The van der Waals surface area contributed by atoms with E-state index in [1.54, 1.807) is 32.0 Å². The molecule has 7 nitrogen and oxygen atoms in total. The molecule has 0 unspecified atom stereocenters. The first-order valence-electron chi connectivity index (χ1n) is 9.70. The van der Waals surface area contributed by atoms with E-state index in [1.807, 2.05) is 31.2 Å². The third-order valence-electron chi connectivity index (χ3n) is 4.49. The van der Waals surface area contributed by atoms with Crippen LogP contribution in [-0.4, -0.2) is 46.7 Å². The average molecular weight is 418 g/mol. The number of carbonyl (C=O) groups excluding carboxylic acids is 2. The summed E-state index contributed by atoms with van der Waals surface area (Å²) in [5.41, 5.74) is 1.09. The van der Waals surface area contributed by atoms with E-state index in [-0.39, 0.29) is 11.8 Å². The maximum atomic E-state index is 12.7. The number of aromatic nitrogens is 1. The molecule has 0 amide bonds. The normalized spacial score (nSPS) is 15.7. The number of benzene rings is 1. The fourth-order valence-corrected chi connectivity index (χ4v) is 3.89. The number of aryl methyl sites for hydroxylation is 1. The Balaban J connectivity index is 1.50. The van der Waals surface area contributed by atoms with Crippen LogP contribution in [0.3, 0.4) is 0 Å². The van der Waals surface area contributed by atoms with E-state index in [2.05, 4.69) is 10.3 Å². The summed E-state index contributed by atoms with van der Waals surface area (Å²) in [4.78, 5) is 34.7. The van der Waals surface area contributed by atoms with Crippen molar-refractivity contribution >= 4 is 28.4 Å². The Labute approximate surface area is 175 Å². The van der Waals surface area contributed by atoms with Gasteiger partial charge in [-0.1, -0.05) is 35.6 Å². The third-order valence-corrected chi connectivity index (χ3v) is 5.42. The molecule has 0 radical (unpaired) electrons. The van der Waals surface area contributed by atoms with Crippen LogP contribution in [0.25, 0.3) is 0 Å². The lowest BCUT2D eigenvalue weighted by Crippen LogP contribution is -2.41. The van der Waals surface area contributed by atoms with Gasteiger partial charge in [-0.25, -0.2) is 9.78 Å². The van der Waals surface area contributed by atoms with Crippen LogP contribution >= 0.6 is 11.3 Å². The number of piperidine rings is 1. The smallest absolute Gasteiger partial charge is 0.427 e. The highest BCUT2D eigenvalue weighted by Gasteiger charge is 2.25. The summed E-state index contributed by atoms with van der Waals surface area (Å²) in [6.45, 7) is 8.55. The molecule has 3 rings (SSSR count). The van der Waals surface area contributed by atoms with Gasteiger partial charge in [-0.3, -0.25) is 4.79 Å². The summed E-state index contributed by atoms with van der Waals surface area (Å²) in [5, 5.41) is 5.75. The Kier molecular flexibility index (Phi) is 6.54. The lowest BCUT2D eigenvalue weighted by atomic mass is 10.0. The van der Waals surface area contributed by atoms with E-state index in [0.717, 1.165) is 23.5 Å². The monoisotopic (exact) mass is 417 g/mol. The molecule has 0 atom stereocenters. The number of anilines is 1. The van der Waals surface area contributed by atoms with Crippen molar-refractivity contribution in [3.63, 3.8) is 0 Å². The zero-order chi connectivity index (χ0) is 21.0. The third kappa shape index (κ3) is 6.01. The van der Waals surface area contributed by atoms with Crippen LogP contribution in [0.15, 0.2) is 30.5 Å². The second kappa shape index (κ2) is 8.92. The van der Waals surface area contributed by atoms with Crippen LogP contribution in [0.2, 0.25) is 0 Å². The number of ketones is 1. The number of hydrogen-bond acceptors (Lipinski definition) is 8. The molecule has 8 heteroatoms. The molecule has 1 fully saturated rings. The fraction of sp³-hybridized carbons (Fsp3) is 0.476. The van der Waals surface area contributed by atoms with Gasteiger partial charge in [0.1, 0.15) is 5.60 Å². The van der Waals surface area contributed by atoms with E-state index in [9.17, 15) is 9.59 Å². The van der Waals surface area contributed by atoms with Crippen LogP contribution in [0, 0.1) is 6.92 Å². The van der Waals surface area contributed by atoms with E-state index in [0.29, 0.717) is 23.5 Å². The number of nitrogens with zero attached hydrogens (tertiary/aromatic N) is 2. The van der Waals surface area contributed by atoms with Crippen LogP contribution < -0.4 is 5.32 Å². The number of hydroxylamine groups is 2. The van der Waals surface area contributed by atoms with Crippen molar-refractivity contribution in [2.45, 2.75) is 52.2 Å². The number of ether oxygens (including phenoxy) is 1. The summed E-state index contributed by atoms with van der Waals surface area (Å²) in [5.74, 6) is -0.00534. The molecule has 0 aliphatic carbocycles. The minimum atomic E-state index is -0.678. The quantitative estimate of drug-likeness (QED) is 0.569. The summed E-state index contributed by atoms with van der Waals surface area (Å²) in [6.07, 6.45) is 2.54. The number of rotatable bonds is 5. The molecule has 0 bridgehead atoms. The Morgan fingerprint density at radius 3 is 2.55 bits per heavy atom. The number of thiazole rings is 1. The standard InChI is InChI=1S/C21H27N3O4S/c1-14-7-5-6-8-16(14)18(25)17-13-22-19(29-17)23-15-9-11-24(12-10-15)28-20(26)27-21(2,3)4/h5-8,13,15H,9-12H2,1-4H3,(H,22,23). The van der Waals surface area contributed by atoms with Crippen LogP contribution in [0.5, 0.6) is 0 Å². The van der Waals surface area contributed by atoms with Gasteiger partial charge in [0.05, 0.1) is 11.1 Å². The molecule has 1 aromatic carbocycles. The SMILES string of the molecule is Cc1ccccc1C(=O)c1cnc(NC2CCN(OC(=O)OC(C)(C)C)CC2)s1. The van der Waals surface area contributed by atoms with Gasteiger partial charge in [-0.2, -0.15) is 0 Å². The molecule has 1 N–H and O–H groups in total. The predicted octanol–water partition coefficient (Wildman–Crippen LogP) is 4.43. The highest BCUT2D eigenvalue weighted by Crippen LogP contribution is 2.25. The number of nitrogens with one attached hydrogen (secondary N) is 1. The Morgan fingerprint density at radius 1 is 1.21 bits per heavy atom. The van der Waals surface area contributed by atoms with Gasteiger partial charge in [0.2, 0.25) is 5.78 Å². The van der Waals surface area contributed by atoms with E-state index in [1.165, 1.54) is 11.3 Å². The van der Waals surface area contributed by atoms with Gasteiger partial charge in [-0.15, -0.1) is 5.06 Å². The van der Waals surface area contributed by atoms with E-state index in [4.69, 9.17) is 9.57 Å². The molecule has 29 heavy (non-hydrogen) atoms. The zero-order valence-corrected chi connectivity index (χ0v) is 18.0. The van der Waals surface area contributed by atoms with Crippen molar-refractivity contribution in [3.8, 4) is 0 Å². The van der Waals surface area contributed by atoms with Crippen LogP contribution in [0.1, 0.15) is 54.4 Å². The molecular formula is C21H27N3O4S. The molecule has 2 aromatic rings. The lowest BCUT2D eigenvalue weighted by Gasteiger charge is -2.31. The first kappa shape index (κ1) is 21.3. The largest absolute Gasteiger partial charge is 0.528 e. The molecule has 2 heterocycles. The molecular weight excluding hydrogens is 390 g/mol. The lowest BCUT2D eigenvalue weighted by molar-refractivity contribution is -0.151. The summed E-state index contributed by atoms with van der Waals surface area (Å²) in [7, 11) is 0. The Bertz CT molecular complexity index is 867. The van der Waals surface area contributed by atoms with Crippen molar-refractivity contribution in [1.82, 2.24) is 10.0 Å². The van der Waals surface area contributed by atoms with E-state index >= 15 is 0 Å².